The van der Waals surface area contributed by atoms with Crippen LogP contribution >= 0.6 is 23.2 Å². The van der Waals surface area contributed by atoms with Crippen LogP contribution in [0, 0.1) is 0 Å². The van der Waals surface area contributed by atoms with E-state index in [4.69, 9.17) is 32.7 Å². The van der Waals surface area contributed by atoms with Crippen molar-refractivity contribution in [3.63, 3.8) is 0 Å². The Morgan fingerprint density at radius 2 is 1.85 bits per heavy atom. The summed E-state index contributed by atoms with van der Waals surface area (Å²) in [6.45, 7) is 0.161. The van der Waals surface area contributed by atoms with Gasteiger partial charge in [-0.25, -0.2) is 0 Å². The van der Waals surface area contributed by atoms with Crippen molar-refractivity contribution in [3.05, 3.63) is 52.0 Å². The first-order valence-electron chi connectivity index (χ1n) is 8.30. The lowest BCUT2D eigenvalue weighted by molar-refractivity contribution is -0.133. The Hall–Kier alpha value is -2.44. The molecule has 142 valence electrons. The summed E-state index contributed by atoms with van der Waals surface area (Å²) in [5, 5.41) is 3.45. The quantitative estimate of drug-likeness (QED) is 0.789. The number of likely N-dealkylation sites (N-methyl/N-ethyl adjacent to an activating group) is 1. The number of amides is 2. The minimum Gasteiger partial charge on any atom is -0.454 e. The second-order valence-corrected chi connectivity index (χ2v) is 6.93. The molecule has 0 aliphatic carbocycles. The van der Waals surface area contributed by atoms with E-state index < -0.39 is 0 Å². The van der Waals surface area contributed by atoms with E-state index in [2.05, 4.69) is 5.32 Å². The lowest BCUT2D eigenvalue weighted by atomic mass is 10.1. The fourth-order valence-electron chi connectivity index (χ4n) is 2.62. The summed E-state index contributed by atoms with van der Waals surface area (Å²) in [7, 11) is 1.59. The van der Waals surface area contributed by atoms with E-state index in [1.54, 1.807) is 25.2 Å². The predicted molar refractivity (Wildman–Crippen MR) is 104 cm³/mol. The van der Waals surface area contributed by atoms with Gasteiger partial charge in [-0.1, -0.05) is 29.3 Å². The molecule has 0 aromatic heterocycles. The third kappa shape index (κ3) is 5.05. The van der Waals surface area contributed by atoms with Crippen molar-refractivity contribution in [2.75, 3.05) is 25.7 Å². The molecule has 0 radical (unpaired) electrons. The average Bonchev–Trinajstić information content (AvgIpc) is 3.10. The van der Waals surface area contributed by atoms with Crippen LogP contribution in [-0.2, 0) is 16.0 Å². The summed E-state index contributed by atoms with van der Waals surface area (Å²) in [4.78, 5) is 25.8. The molecule has 2 amide bonds. The number of ether oxygens (including phenoxy) is 2. The Bertz CT molecular complexity index is 873. The van der Waals surface area contributed by atoms with E-state index in [1.807, 2.05) is 18.2 Å². The number of benzene rings is 2. The van der Waals surface area contributed by atoms with Crippen molar-refractivity contribution < 1.29 is 19.1 Å². The molecule has 27 heavy (non-hydrogen) atoms. The third-order valence-electron chi connectivity index (χ3n) is 4.07. The number of fused-ring (bicyclic) bond motifs is 1. The number of nitrogens with one attached hydrogen (secondary N) is 1. The number of aryl methyl sites for hydroxylation is 1. The van der Waals surface area contributed by atoms with Crippen molar-refractivity contribution in [1.29, 1.82) is 0 Å². The maximum Gasteiger partial charge on any atom is 0.243 e. The van der Waals surface area contributed by atoms with Gasteiger partial charge < -0.3 is 19.7 Å². The molecule has 0 bridgehead atoms. The maximum absolute atomic E-state index is 12.3. The highest BCUT2D eigenvalue weighted by Crippen LogP contribution is 2.32. The van der Waals surface area contributed by atoms with E-state index in [0.717, 1.165) is 5.56 Å². The number of carbonyl (C=O) groups is 2. The molecule has 0 fully saturated rings. The summed E-state index contributed by atoms with van der Waals surface area (Å²) >= 11 is 11.8. The summed E-state index contributed by atoms with van der Waals surface area (Å²) in [6, 6.07) is 10.4. The number of carbonyl (C=O) groups excluding carboxylic acids is 2. The molecular weight excluding hydrogens is 391 g/mol. The highest BCUT2D eigenvalue weighted by atomic mass is 35.5. The summed E-state index contributed by atoms with van der Waals surface area (Å²) < 4.78 is 10.6. The van der Waals surface area contributed by atoms with Gasteiger partial charge in [0.2, 0.25) is 18.6 Å². The fourth-order valence-corrected chi connectivity index (χ4v) is 2.91. The first-order chi connectivity index (χ1) is 12.9. The van der Waals surface area contributed by atoms with Crippen LogP contribution in [0.2, 0.25) is 10.0 Å². The van der Waals surface area contributed by atoms with Crippen molar-refractivity contribution in [3.8, 4) is 11.5 Å². The van der Waals surface area contributed by atoms with Gasteiger partial charge in [0.1, 0.15) is 0 Å². The summed E-state index contributed by atoms with van der Waals surface area (Å²) in [5.74, 6) is 0.958. The molecule has 2 aromatic carbocycles. The van der Waals surface area contributed by atoms with Crippen molar-refractivity contribution >= 4 is 40.7 Å². The fraction of sp³-hybridized carbons (Fsp3) is 0.263. The second-order valence-electron chi connectivity index (χ2n) is 6.11. The van der Waals surface area contributed by atoms with Crippen LogP contribution in [-0.4, -0.2) is 37.1 Å². The Morgan fingerprint density at radius 1 is 1.07 bits per heavy atom. The van der Waals surface area contributed by atoms with Crippen molar-refractivity contribution in [2.24, 2.45) is 0 Å². The molecule has 0 saturated carbocycles. The van der Waals surface area contributed by atoms with Crippen LogP contribution in [0.4, 0.5) is 5.69 Å². The smallest absolute Gasteiger partial charge is 0.243 e. The van der Waals surface area contributed by atoms with Gasteiger partial charge in [-0.2, -0.15) is 0 Å². The Balaban J connectivity index is 1.48. The Labute approximate surface area is 167 Å². The van der Waals surface area contributed by atoms with Gasteiger partial charge in [-0.15, -0.1) is 0 Å². The van der Waals surface area contributed by atoms with E-state index in [-0.39, 0.29) is 31.6 Å². The van der Waals surface area contributed by atoms with Crippen molar-refractivity contribution in [1.82, 2.24) is 4.90 Å². The lowest BCUT2D eigenvalue weighted by Crippen LogP contribution is -2.35. The molecule has 0 atom stereocenters. The molecule has 8 heteroatoms. The zero-order valence-corrected chi connectivity index (χ0v) is 16.1. The molecule has 0 spiro atoms. The molecule has 0 saturated heterocycles. The highest BCUT2D eigenvalue weighted by Gasteiger charge is 2.16. The first-order valence-corrected chi connectivity index (χ1v) is 9.05. The minimum atomic E-state index is -0.313. The normalized spacial score (nSPS) is 12.0. The van der Waals surface area contributed by atoms with E-state index >= 15 is 0 Å². The summed E-state index contributed by atoms with van der Waals surface area (Å²) in [6.07, 6.45) is 0.838. The van der Waals surface area contributed by atoms with Gasteiger partial charge in [0.05, 0.1) is 16.6 Å². The SMILES string of the molecule is CN(CC(=O)Nc1ccc(Cl)c(Cl)c1)C(=O)CCc1ccc2c(c1)OCO2. The molecule has 2 aromatic rings. The first kappa shape index (κ1) is 19.3. The standard InChI is InChI=1S/C19H18Cl2N2O4/c1-23(10-18(24)22-13-4-5-14(20)15(21)9-13)19(25)7-3-12-2-6-16-17(8-12)27-11-26-16/h2,4-6,8-9H,3,7,10-11H2,1H3,(H,22,24). The topological polar surface area (TPSA) is 67.9 Å². The predicted octanol–water partition coefficient (Wildman–Crippen LogP) is 3.75. The maximum atomic E-state index is 12.3. The van der Waals surface area contributed by atoms with Crippen LogP contribution in [0.15, 0.2) is 36.4 Å². The van der Waals surface area contributed by atoms with Crippen LogP contribution in [0.25, 0.3) is 0 Å². The van der Waals surface area contributed by atoms with Crippen molar-refractivity contribution in [2.45, 2.75) is 12.8 Å². The molecule has 1 aliphatic heterocycles. The van der Waals surface area contributed by atoms with Crippen LogP contribution < -0.4 is 14.8 Å². The van der Waals surface area contributed by atoms with Gasteiger partial charge in [0, 0.05) is 19.2 Å². The molecule has 1 N–H and O–H groups in total. The molecule has 1 aliphatic rings. The molecule has 6 nitrogen and oxygen atoms in total. The monoisotopic (exact) mass is 408 g/mol. The zero-order valence-electron chi connectivity index (χ0n) is 14.6. The molecular formula is C19H18Cl2N2O4. The van der Waals surface area contributed by atoms with Crippen LogP contribution in [0.5, 0.6) is 11.5 Å². The molecule has 0 unspecified atom stereocenters. The van der Waals surface area contributed by atoms with Crippen LogP contribution in [0.3, 0.4) is 0 Å². The van der Waals surface area contributed by atoms with Gasteiger partial charge in [0.25, 0.3) is 0 Å². The van der Waals surface area contributed by atoms with E-state index in [9.17, 15) is 9.59 Å². The van der Waals surface area contributed by atoms with E-state index in [1.165, 1.54) is 4.90 Å². The number of hydrogen-bond acceptors (Lipinski definition) is 4. The minimum absolute atomic E-state index is 0.0553. The largest absolute Gasteiger partial charge is 0.454 e. The zero-order chi connectivity index (χ0) is 19.4. The lowest BCUT2D eigenvalue weighted by Gasteiger charge is -2.17. The Morgan fingerprint density at radius 3 is 2.63 bits per heavy atom. The molecule has 1 heterocycles. The van der Waals surface area contributed by atoms with Gasteiger partial charge in [-0.3, -0.25) is 9.59 Å². The number of nitrogens with zero attached hydrogens (tertiary/aromatic N) is 1. The van der Waals surface area contributed by atoms with Gasteiger partial charge in [0.15, 0.2) is 11.5 Å². The average molecular weight is 409 g/mol. The molecule has 3 rings (SSSR count). The second kappa shape index (κ2) is 8.50. The van der Waals surface area contributed by atoms with E-state index in [0.29, 0.717) is 33.7 Å². The highest BCUT2D eigenvalue weighted by molar-refractivity contribution is 6.42. The number of anilines is 1. The van der Waals surface area contributed by atoms with Crippen LogP contribution in [0.1, 0.15) is 12.0 Å². The third-order valence-corrected chi connectivity index (χ3v) is 4.81. The summed E-state index contributed by atoms with van der Waals surface area (Å²) in [5.41, 5.74) is 1.50. The number of hydrogen-bond donors (Lipinski definition) is 1. The number of rotatable bonds is 6. The Kier molecular flexibility index (Phi) is 6.08. The van der Waals surface area contributed by atoms with Gasteiger partial charge in [-0.05, 0) is 42.3 Å². The number of halogens is 2. The van der Waals surface area contributed by atoms with Gasteiger partial charge >= 0.3 is 0 Å².